The number of hydrogen-bond donors (Lipinski definition) is 1. The first kappa shape index (κ1) is 9.74. The van der Waals surface area contributed by atoms with Gasteiger partial charge in [0.25, 0.3) is 0 Å². The standard InChI is InChI=1S/C10H13ClN2O/c1-14-10-9(7-4-6(7)5-12)8(11)2-3-13-10/h2-3,6-7H,4-5,12H2,1H3. The van der Waals surface area contributed by atoms with Gasteiger partial charge in [-0.15, -0.1) is 0 Å². The summed E-state index contributed by atoms with van der Waals surface area (Å²) in [6, 6.07) is 1.80. The number of ether oxygens (including phenoxy) is 1. The molecule has 1 aromatic heterocycles. The van der Waals surface area contributed by atoms with Crippen LogP contribution in [-0.2, 0) is 0 Å². The Labute approximate surface area is 88.2 Å². The fourth-order valence-corrected chi connectivity index (χ4v) is 2.07. The lowest BCUT2D eigenvalue weighted by Crippen LogP contribution is -2.03. The molecule has 0 spiro atoms. The summed E-state index contributed by atoms with van der Waals surface area (Å²) in [5.41, 5.74) is 6.62. The fraction of sp³-hybridized carbons (Fsp3) is 0.500. The molecule has 2 N–H and O–H groups in total. The van der Waals surface area contributed by atoms with Crippen molar-refractivity contribution >= 4 is 11.6 Å². The summed E-state index contributed by atoms with van der Waals surface area (Å²) in [6.45, 7) is 0.707. The van der Waals surface area contributed by atoms with Gasteiger partial charge in [0.1, 0.15) is 0 Å². The van der Waals surface area contributed by atoms with Crippen molar-refractivity contribution in [1.82, 2.24) is 4.98 Å². The number of hydrogen-bond acceptors (Lipinski definition) is 3. The predicted octanol–water partition coefficient (Wildman–Crippen LogP) is 1.81. The maximum Gasteiger partial charge on any atom is 0.218 e. The molecule has 2 rings (SSSR count). The summed E-state index contributed by atoms with van der Waals surface area (Å²) >= 11 is 6.10. The molecule has 3 nitrogen and oxygen atoms in total. The second kappa shape index (κ2) is 3.75. The van der Waals surface area contributed by atoms with Crippen molar-refractivity contribution in [2.75, 3.05) is 13.7 Å². The molecule has 1 aromatic rings. The highest BCUT2D eigenvalue weighted by Gasteiger charge is 2.40. The maximum atomic E-state index is 6.10. The molecule has 2 atom stereocenters. The van der Waals surface area contributed by atoms with Gasteiger partial charge in [-0.2, -0.15) is 0 Å². The fourth-order valence-electron chi connectivity index (χ4n) is 1.79. The van der Waals surface area contributed by atoms with Crippen LogP contribution in [0, 0.1) is 5.92 Å². The van der Waals surface area contributed by atoms with Crippen molar-refractivity contribution in [3.05, 3.63) is 22.8 Å². The maximum absolute atomic E-state index is 6.10. The number of halogens is 1. The number of nitrogens with two attached hydrogens (primary N) is 1. The molecule has 0 aromatic carbocycles. The molecule has 1 fully saturated rings. The van der Waals surface area contributed by atoms with Crippen molar-refractivity contribution in [2.24, 2.45) is 11.7 Å². The summed E-state index contributed by atoms with van der Waals surface area (Å²) in [4.78, 5) is 4.14. The van der Waals surface area contributed by atoms with Crippen LogP contribution in [0.5, 0.6) is 5.88 Å². The zero-order valence-corrected chi connectivity index (χ0v) is 8.79. The first-order valence-corrected chi connectivity index (χ1v) is 5.04. The van der Waals surface area contributed by atoms with E-state index in [0.29, 0.717) is 24.3 Å². The van der Waals surface area contributed by atoms with E-state index in [1.54, 1.807) is 19.4 Å². The second-order valence-corrected chi connectivity index (χ2v) is 3.96. The molecule has 1 aliphatic rings. The molecule has 1 aliphatic carbocycles. The molecule has 1 saturated carbocycles. The van der Waals surface area contributed by atoms with Crippen LogP contribution >= 0.6 is 11.6 Å². The number of nitrogens with zero attached hydrogens (tertiary/aromatic N) is 1. The third-order valence-electron chi connectivity index (χ3n) is 2.69. The summed E-state index contributed by atoms with van der Waals surface area (Å²) in [5.74, 6) is 1.63. The first-order chi connectivity index (χ1) is 6.77. The zero-order valence-electron chi connectivity index (χ0n) is 8.03. The minimum absolute atomic E-state index is 0.441. The lowest BCUT2D eigenvalue weighted by molar-refractivity contribution is 0.392. The number of aromatic nitrogens is 1. The van der Waals surface area contributed by atoms with Crippen molar-refractivity contribution < 1.29 is 4.74 Å². The van der Waals surface area contributed by atoms with Gasteiger partial charge in [0.2, 0.25) is 5.88 Å². The highest BCUT2D eigenvalue weighted by Crippen LogP contribution is 2.51. The highest BCUT2D eigenvalue weighted by molar-refractivity contribution is 6.31. The molecule has 4 heteroatoms. The van der Waals surface area contributed by atoms with Gasteiger partial charge in [0, 0.05) is 11.8 Å². The smallest absolute Gasteiger partial charge is 0.218 e. The molecular weight excluding hydrogens is 200 g/mol. The summed E-state index contributed by atoms with van der Waals surface area (Å²) in [6.07, 6.45) is 2.75. The van der Waals surface area contributed by atoms with E-state index in [-0.39, 0.29) is 0 Å². The Morgan fingerprint density at radius 1 is 1.71 bits per heavy atom. The minimum Gasteiger partial charge on any atom is -0.481 e. The quantitative estimate of drug-likeness (QED) is 0.832. The van der Waals surface area contributed by atoms with E-state index >= 15 is 0 Å². The van der Waals surface area contributed by atoms with Gasteiger partial charge in [-0.05, 0) is 30.9 Å². The van der Waals surface area contributed by atoms with Crippen LogP contribution in [0.2, 0.25) is 5.02 Å². The van der Waals surface area contributed by atoms with Crippen LogP contribution in [0.1, 0.15) is 17.9 Å². The van der Waals surface area contributed by atoms with Crippen LogP contribution in [0.25, 0.3) is 0 Å². The molecule has 0 radical (unpaired) electrons. The van der Waals surface area contributed by atoms with E-state index in [1.807, 2.05) is 0 Å². The predicted molar refractivity (Wildman–Crippen MR) is 55.7 cm³/mol. The van der Waals surface area contributed by atoms with Gasteiger partial charge in [0.05, 0.1) is 12.1 Å². The van der Waals surface area contributed by atoms with Gasteiger partial charge in [0.15, 0.2) is 0 Å². The van der Waals surface area contributed by atoms with Gasteiger partial charge >= 0.3 is 0 Å². The Morgan fingerprint density at radius 3 is 3.07 bits per heavy atom. The number of pyridine rings is 1. The van der Waals surface area contributed by atoms with Crippen molar-refractivity contribution in [3.63, 3.8) is 0 Å². The monoisotopic (exact) mass is 212 g/mol. The van der Waals surface area contributed by atoms with Crippen LogP contribution in [0.4, 0.5) is 0 Å². The van der Waals surface area contributed by atoms with Gasteiger partial charge in [-0.3, -0.25) is 0 Å². The largest absolute Gasteiger partial charge is 0.481 e. The molecule has 0 bridgehead atoms. The summed E-state index contributed by atoms with van der Waals surface area (Å²) in [7, 11) is 1.61. The first-order valence-electron chi connectivity index (χ1n) is 4.66. The lowest BCUT2D eigenvalue weighted by Gasteiger charge is -2.08. The van der Waals surface area contributed by atoms with Crippen LogP contribution in [0.3, 0.4) is 0 Å². The van der Waals surface area contributed by atoms with Crippen LogP contribution in [0.15, 0.2) is 12.3 Å². The van der Waals surface area contributed by atoms with Crippen LogP contribution < -0.4 is 10.5 Å². The van der Waals surface area contributed by atoms with Crippen molar-refractivity contribution in [1.29, 1.82) is 0 Å². The molecule has 76 valence electrons. The third kappa shape index (κ3) is 1.57. The van der Waals surface area contributed by atoms with Gasteiger partial charge in [-0.1, -0.05) is 11.6 Å². The third-order valence-corrected chi connectivity index (χ3v) is 3.02. The Kier molecular flexibility index (Phi) is 2.61. The van der Waals surface area contributed by atoms with E-state index in [9.17, 15) is 0 Å². The molecular formula is C10H13ClN2O. The van der Waals surface area contributed by atoms with Crippen LogP contribution in [-0.4, -0.2) is 18.6 Å². The molecule has 1 heterocycles. The average molecular weight is 213 g/mol. The van der Waals surface area contributed by atoms with E-state index in [1.165, 1.54) is 0 Å². The van der Waals surface area contributed by atoms with E-state index in [0.717, 1.165) is 17.0 Å². The second-order valence-electron chi connectivity index (χ2n) is 3.55. The average Bonchev–Trinajstić information content (AvgIpc) is 2.96. The van der Waals surface area contributed by atoms with Gasteiger partial charge < -0.3 is 10.5 Å². The summed E-state index contributed by atoms with van der Waals surface area (Å²) in [5, 5.41) is 0.734. The zero-order chi connectivity index (χ0) is 10.1. The number of methoxy groups -OCH3 is 1. The molecule has 0 saturated heterocycles. The molecule has 0 amide bonds. The Bertz CT molecular complexity index is 343. The van der Waals surface area contributed by atoms with Gasteiger partial charge in [-0.25, -0.2) is 4.98 Å². The highest BCUT2D eigenvalue weighted by atomic mass is 35.5. The Hall–Kier alpha value is -0.800. The topological polar surface area (TPSA) is 48.1 Å². The SMILES string of the molecule is COc1nccc(Cl)c1C1CC1CN. The van der Waals surface area contributed by atoms with Crippen molar-refractivity contribution in [3.8, 4) is 5.88 Å². The van der Waals surface area contributed by atoms with E-state index < -0.39 is 0 Å². The minimum atomic E-state index is 0.441. The molecule has 2 unspecified atom stereocenters. The van der Waals surface area contributed by atoms with E-state index in [2.05, 4.69) is 4.98 Å². The van der Waals surface area contributed by atoms with Crippen molar-refractivity contribution in [2.45, 2.75) is 12.3 Å². The number of rotatable bonds is 3. The normalized spacial score (nSPS) is 24.8. The Morgan fingerprint density at radius 2 is 2.50 bits per heavy atom. The lowest BCUT2D eigenvalue weighted by atomic mass is 10.1. The summed E-state index contributed by atoms with van der Waals surface area (Å²) < 4.78 is 5.18. The van der Waals surface area contributed by atoms with E-state index in [4.69, 9.17) is 22.1 Å². The molecule has 14 heavy (non-hydrogen) atoms. The Balaban J connectivity index is 2.32. The molecule has 0 aliphatic heterocycles.